The van der Waals surface area contributed by atoms with E-state index in [9.17, 15) is 4.79 Å². The van der Waals surface area contributed by atoms with Crippen molar-refractivity contribution in [2.45, 2.75) is 39.7 Å². The van der Waals surface area contributed by atoms with Crippen LogP contribution in [0.2, 0.25) is 0 Å². The lowest BCUT2D eigenvalue weighted by Gasteiger charge is -2.24. The molecule has 1 amide bonds. The van der Waals surface area contributed by atoms with Gasteiger partial charge in [-0.1, -0.05) is 19.4 Å². The fourth-order valence-corrected chi connectivity index (χ4v) is 3.34. The Bertz CT molecular complexity index is 542. The lowest BCUT2D eigenvalue weighted by atomic mass is 9.98. The van der Waals surface area contributed by atoms with Crippen molar-refractivity contribution in [2.75, 3.05) is 33.8 Å². The number of hydrogen-bond donors (Lipinski definition) is 0. The second-order valence-corrected chi connectivity index (χ2v) is 6.91. The fraction of sp³-hybridized carbons (Fsp3) is 0.632. The maximum absolute atomic E-state index is 12.5. The number of ether oxygens (including phenoxy) is 1. The number of amides is 1. The third kappa shape index (κ3) is 4.47. The van der Waals surface area contributed by atoms with Crippen LogP contribution in [0, 0.1) is 19.8 Å². The molecule has 1 fully saturated rings. The van der Waals surface area contributed by atoms with Crippen LogP contribution in [0.5, 0.6) is 5.75 Å². The van der Waals surface area contributed by atoms with E-state index in [0.717, 1.165) is 25.3 Å². The van der Waals surface area contributed by atoms with Crippen molar-refractivity contribution in [1.29, 1.82) is 0 Å². The van der Waals surface area contributed by atoms with Crippen LogP contribution in [-0.4, -0.2) is 55.5 Å². The van der Waals surface area contributed by atoms with Crippen LogP contribution in [0.3, 0.4) is 0 Å². The SMILES string of the molecule is CCC[C@@H]1CN(C(=O)COc2ccc(C)c(C)c2)C[C@H]1N(C)C. The van der Waals surface area contributed by atoms with Crippen molar-refractivity contribution in [3.05, 3.63) is 29.3 Å². The zero-order chi connectivity index (χ0) is 17.0. The molecule has 2 rings (SSSR count). The molecule has 0 bridgehead atoms. The molecule has 0 saturated carbocycles. The summed E-state index contributed by atoms with van der Waals surface area (Å²) in [6.45, 7) is 8.13. The molecule has 0 radical (unpaired) electrons. The highest BCUT2D eigenvalue weighted by Gasteiger charge is 2.35. The lowest BCUT2D eigenvalue weighted by molar-refractivity contribution is -0.132. The van der Waals surface area contributed by atoms with E-state index in [2.05, 4.69) is 39.8 Å². The van der Waals surface area contributed by atoms with E-state index in [0.29, 0.717) is 12.0 Å². The van der Waals surface area contributed by atoms with Crippen LogP contribution in [0.4, 0.5) is 0 Å². The first-order valence-electron chi connectivity index (χ1n) is 8.56. The molecule has 0 unspecified atom stereocenters. The van der Waals surface area contributed by atoms with Crippen LogP contribution in [0.25, 0.3) is 0 Å². The molecular formula is C19H30N2O2. The standard InChI is InChI=1S/C19H30N2O2/c1-6-7-16-11-21(12-18(16)20(4)5)19(22)13-23-17-9-8-14(2)15(3)10-17/h8-10,16,18H,6-7,11-13H2,1-5H3/t16-,18-/m1/s1. The van der Waals surface area contributed by atoms with Crippen molar-refractivity contribution in [3.8, 4) is 5.75 Å². The summed E-state index contributed by atoms with van der Waals surface area (Å²) in [5, 5.41) is 0. The van der Waals surface area contributed by atoms with E-state index in [1.54, 1.807) is 0 Å². The van der Waals surface area contributed by atoms with E-state index in [-0.39, 0.29) is 12.5 Å². The maximum Gasteiger partial charge on any atom is 0.260 e. The summed E-state index contributed by atoms with van der Waals surface area (Å²) in [6, 6.07) is 6.42. The summed E-state index contributed by atoms with van der Waals surface area (Å²) in [7, 11) is 4.21. The highest BCUT2D eigenvalue weighted by molar-refractivity contribution is 5.78. The highest BCUT2D eigenvalue weighted by Crippen LogP contribution is 2.25. The number of carbonyl (C=O) groups is 1. The number of benzene rings is 1. The van der Waals surface area contributed by atoms with Crippen LogP contribution < -0.4 is 4.74 Å². The Morgan fingerprint density at radius 2 is 2.00 bits per heavy atom. The summed E-state index contributed by atoms with van der Waals surface area (Å²) < 4.78 is 5.70. The molecule has 4 heteroatoms. The summed E-state index contributed by atoms with van der Waals surface area (Å²) in [4.78, 5) is 16.7. The minimum Gasteiger partial charge on any atom is -0.484 e. The summed E-state index contributed by atoms with van der Waals surface area (Å²) in [6.07, 6.45) is 2.33. The largest absolute Gasteiger partial charge is 0.484 e. The first-order valence-corrected chi connectivity index (χ1v) is 8.56. The monoisotopic (exact) mass is 318 g/mol. The normalized spacial score (nSPS) is 21.0. The van der Waals surface area contributed by atoms with Gasteiger partial charge in [-0.2, -0.15) is 0 Å². The molecule has 1 aromatic carbocycles. The second kappa shape index (κ2) is 7.82. The third-order valence-electron chi connectivity index (χ3n) is 4.92. The number of carbonyl (C=O) groups excluding carboxylic acids is 1. The van der Waals surface area contributed by atoms with Gasteiger partial charge in [0, 0.05) is 19.1 Å². The Morgan fingerprint density at radius 3 is 2.61 bits per heavy atom. The van der Waals surface area contributed by atoms with Gasteiger partial charge in [-0.25, -0.2) is 0 Å². The topological polar surface area (TPSA) is 32.8 Å². The van der Waals surface area contributed by atoms with Gasteiger partial charge in [0.2, 0.25) is 0 Å². The summed E-state index contributed by atoms with van der Waals surface area (Å²) >= 11 is 0. The molecule has 0 N–H and O–H groups in total. The average Bonchev–Trinajstić information content (AvgIpc) is 2.93. The molecule has 23 heavy (non-hydrogen) atoms. The van der Waals surface area contributed by atoms with E-state index in [4.69, 9.17) is 4.74 Å². The van der Waals surface area contributed by atoms with Gasteiger partial charge < -0.3 is 14.5 Å². The molecule has 0 aliphatic carbocycles. The Hall–Kier alpha value is -1.55. The van der Waals surface area contributed by atoms with Crippen molar-refractivity contribution < 1.29 is 9.53 Å². The minimum atomic E-state index is 0.0914. The molecule has 4 nitrogen and oxygen atoms in total. The van der Waals surface area contributed by atoms with Crippen molar-refractivity contribution in [3.63, 3.8) is 0 Å². The van der Waals surface area contributed by atoms with Gasteiger partial charge in [-0.05, 0) is 63.5 Å². The van der Waals surface area contributed by atoms with Gasteiger partial charge in [0.15, 0.2) is 6.61 Å². The van der Waals surface area contributed by atoms with Gasteiger partial charge in [0.1, 0.15) is 5.75 Å². The molecule has 1 aromatic rings. The van der Waals surface area contributed by atoms with Crippen molar-refractivity contribution in [1.82, 2.24) is 9.80 Å². The first-order chi connectivity index (χ1) is 10.9. The molecule has 1 aliphatic heterocycles. The lowest BCUT2D eigenvalue weighted by Crippen LogP contribution is -2.37. The predicted octanol–water partition coefficient (Wildman–Crippen LogP) is 2.87. The Balaban J connectivity index is 1.91. The summed E-state index contributed by atoms with van der Waals surface area (Å²) in [5.41, 5.74) is 2.42. The molecule has 2 atom stereocenters. The number of rotatable bonds is 6. The Labute approximate surface area is 140 Å². The zero-order valence-electron chi connectivity index (χ0n) is 15.1. The van der Waals surface area contributed by atoms with E-state index < -0.39 is 0 Å². The number of hydrogen-bond acceptors (Lipinski definition) is 3. The van der Waals surface area contributed by atoms with E-state index in [1.807, 2.05) is 23.1 Å². The average molecular weight is 318 g/mol. The van der Waals surface area contributed by atoms with Crippen LogP contribution in [0.1, 0.15) is 30.9 Å². The Kier molecular flexibility index (Phi) is 6.05. The minimum absolute atomic E-state index is 0.0914. The molecule has 1 heterocycles. The summed E-state index contributed by atoms with van der Waals surface area (Å²) in [5.74, 6) is 1.43. The number of nitrogens with zero attached hydrogens (tertiary/aromatic N) is 2. The molecule has 1 saturated heterocycles. The van der Waals surface area contributed by atoms with E-state index in [1.165, 1.54) is 17.5 Å². The van der Waals surface area contributed by atoms with Gasteiger partial charge in [0.05, 0.1) is 0 Å². The third-order valence-corrected chi connectivity index (χ3v) is 4.92. The van der Waals surface area contributed by atoms with Crippen LogP contribution in [-0.2, 0) is 4.79 Å². The van der Waals surface area contributed by atoms with Gasteiger partial charge >= 0.3 is 0 Å². The smallest absolute Gasteiger partial charge is 0.260 e. The molecular weight excluding hydrogens is 288 g/mol. The number of likely N-dealkylation sites (N-methyl/N-ethyl adjacent to an activating group) is 1. The molecule has 0 spiro atoms. The maximum atomic E-state index is 12.5. The van der Waals surface area contributed by atoms with Crippen LogP contribution in [0.15, 0.2) is 18.2 Å². The number of aryl methyl sites for hydroxylation is 2. The number of likely N-dealkylation sites (tertiary alicyclic amines) is 1. The van der Waals surface area contributed by atoms with Crippen LogP contribution >= 0.6 is 0 Å². The first kappa shape index (κ1) is 17.8. The Morgan fingerprint density at radius 1 is 1.26 bits per heavy atom. The second-order valence-electron chi connectivity index (χ2n) is 6.91. The fourth-order valence-electron chi connectivity index (χ4n) is 3.34. The van der Waals surface area contributed by atoms with E-state index >= 15 is 0 Å². The zero-order valence-corrected chi connectivity index (χ0v) is 15.1. The highest BCUT2D eigenvalue weighted by atomic mass is 16.5. The van der Waals surface area contributed by atoms with Crippen molar-refractivity contribution in [2.24, 2.45) is 5.92 Å². The molecule has 0 aromatic heterocycles. The molecule has 1 aliphatic rings. The van der Waals surface area contributed by atoms with Gasteiger partial charge in [0.25, 0.3) is 5.91 Å². The predicted molar refractivity (Wildman–Crippen MR) is 93.9 cm³/mol. The van der Waals surface area contributed by atoms with Gasteiger partial charge in [-0.3, -0.25) is 4.79 Å². The molecule has 128 valence electrons. The van der Waals surface area contributed by atoms with Gasteiger partial charge in [-0.15, -0.1) is 0 Å². The quantitative estimate of drug-likeness (QED) is 0.808. The van der Waals surface area contributed by atoms with Crippen molar-refractivity contribution >= 4 is 5.91 Å².